The quantitative estimate of drug-likeness (QED) is 0.257. The molecule has 47 heavy (non-hydrogen) atoms. The molecule has 2 aliphatic rings. The number of carboxylic acid groups (broad SMARTS) is 1. The van der Waals surface area contributed by atoms with E-state index < -0.39 is 35.2 Å². The molecular weight excluding hydrogens is 610 g/mol. The molecule has 1 N–H and O–H groups in total. The molecule has 1 aromatic heterocycles. The SMILES string of the molecule is Cc1nc(C)c(C(OC(C)(C)C)C(=O)O)c(N2CCC(C)(C)CC2)c1-c1ccc2c(c1)CCN(Cc1cccc(C(F)(F)F)c1F)C2. The number of ether oxygens (including phenoxy) is 1. The van der Waals surface area contributed by atoms with Crippen LogP contribution in [0.5, 0.6) is 0 Å². The molecule has 1 saturated heterocycles. The summed E-state index contributed by atoms with van der Waals surface area (Å²) in [4.78, 5) is 21.9. The summed E-state index contributed by atoms with van der Waals surface area (Å²) < 4.78 is 60.9. The van der Waals surface area contributed by atoms with Crippen LogP contribution in [0, 0.1) is 25.1 Å². The van der Waals surface area contributed by atoms with Crippen molar-refractivity contribution in [1.29, 1.82) is 0 Å². The standard InChI is InChI=1S/C37H45F4N3O3/c1-22-29(32(44-17-14-36(6,7)15-18-44)30(23(2)42-22)33(34(45)46)47-35(3,4)5)25-11-12-26-20-43(16-13-24(26)19-25)21-27-9-8-10-28(31(27)38)37(39,40)41/h8-12,19,33H,13-18,20-21H2,1-7H3,(H,45,46). The maximum Gasteiger partial charge on any atom is 0.419 e. The number of aromatic nitrogens is 1. The molecule has 0 bridgehead atoms. The number of aryl methyl sites for hydroxylation is 2. The fourth-order valence-corrected chi connectivity index (χ4v) is 6.82. The van der Waals surface area contributed by atoms with E-state index >= 15 is 0 Å². The van der Waals surface area contributed by atoms with E-state index in [4.69, 9.17) is 9.72 Å². The third-order valence-corrected chi connectivity index (χ3v) is 9.33. The number of carbonyl (C=O) groups is 1. The second kappa shape index (κ2) is 12.8. The maximum atomic E-state index is 14.8. The molecule has 1 atom stereocenters. The zero-order valence-corrected chi connectivity index (χ0v) is 28.3. The van der Waals surface area contributed by atoms with Gasteiger partial charge in [0.25, 0.3) is 0 Å². The van der Waals surface area contributed by atoms with Gasteiger partial charge in [-0.25, -0.2) is 9.18 Å². The lowest BCUT2D eigenvalue weighted by atomic mass is 9.81. The van der Waals surface area contributed by atoms with Crippen molar-refractivity contribution in [1.82, 2.24) is 9.88 Å². The van der Waals surface area contributed by atoms with Gasteiger partial charge in [-0.3, -0.25) is 9.88 Å². The third kappa shape index (κ3) is 7.64. The van der Waals surface area contributed by atoms with E-state index in [-0.39, 0.29) is 17.5 Å². The number of pyridine rings is 1. The second-order valence-electron chi connectivity index (χ2n) is 14.7. The summed E-state index contributed by atoms with van der Waals surface area (Å²) in [6, 6.07) is 9.57. The number of anilines is 1. The van der Waals surface area contributed by atoms with Crippen molar-refractivity contribution in [2.75, 3.05) is 24.5 Å². The summed E-state index contributed by atoms with van der Waals surface area (Å²) in [6.07, 6.45) is -3.42. The minimum Gasteiger partial charge on any atom is -0.479 e. The Kier molecular flexibility index (Phi) is 9.51. The molecule has 3 heterocycles. The molecule has 0 radical (unpaired) electrons. The Morgan fingerprint density at radius 3 is 2.32 bits per heavy atom. The number of rotatable bonds is 7. The highest BCUT2D eigenvalue weighted by atomic mass is 19.4. The molecule has 1 unspecified atom stereocenters. The summed E-state index contributed by atoms with van der Waals surface area (Å²) >= 11 is 0. The Bertz CT molecular complexity index is 1650. The number of piperidine rings is 1. The molecule has 0 amide bonds. The Morgan fingerprint density at radius 2 is 1.70 bits per heavy atom. The van der Waals surface area contributed by atoms with E-state index in [1.165, 1.54) is 12.1 Å². The molecule has 2 aliphatic heterocycles. The smallest absolute Gasteiger partial charge is 0.419 e. The molecule has 0 aliphatic carbocycles. The molecular formula is C37H45F4N3O3. The lowest BCUT2D eigenvalue weighted by Crippen LogP contribution is -2.39. The number of benzene rings is 2. The Morgan fingerprint density at radius 1 is 1.02 bits per heavy atom. The van der Waals surface area contributed by atoms with Crippen LogP contribution in [0.3, 0.4) is 0 Å². The van der Waals surface area contributed by atoms with Gasteiger partial charge in [0.1, 0.15) is 5.82 Å². The van der Waals surface area contributed by atoms with Gasteiger partial charge in [-0.05, 0) is 82.1 Å². The van der Waals surface area contributed by atoms with Crippen LogP contribution < -0.4 is 4.90 Å². The van der Waals surface area contributed by atoms with Crippen molar-refractivity contribution in [2.24, 2.45) is 5.41 Å². The Balaban J connectivity index is 1.54. The Labute approximate surface area is 274 Å². The first-order valence-corrected chi connectivity index (χ1v) is 16.2. The van der Waals surface area contributed by atoms with Gasteiger partial charge >= 0.3 is 12.1 Å². The summed E-state index contributed by atoms with van der Waals surface area (Å²) in [5.74, 6) is -2.29. The average molecular weight is 656 g/mol. The van der Waals surface area contributed by atoms with E-state index in [1.54, 1.807) is 0 Å². The summed E-state index contributed by atoms with van der Waals surface area (Å²) in [5.41, 5.74) is 4.99. The number of nitrogens with zero attached hydrogens (tertiary/aromatic N) is 3. The zero-order valence-electron chi connectivity index (χ0n) is 28.3. The summed E-state index contributed by atoms with van der Waals surface area (Å²) in [6.45, 7) is 16.5. The topological polar surface area (TPSA) is 65.9 Å². The fraction of sp³-hybridized carbons (Fsp3) is 0.514. The van der Waals surface area contributed by atoms with Crippen molar-refractivity contribution in [3.63, 3.8) is 0 Å². The third-order valence-electron chi connectivity index (χ3n) is 9.33. The number of hydrogen-bond acceptors (Lipinski definition) is 5. The highest BCUT2D eigenvalue weighted by Gasteiger charge is 2.37. The zero-order chi connectivity index (χ0) is 34.5. The van der Waals surface area contributed by atoms with E-state index in [2.05, 4.69) is 24.8 Å². The molecule has 0 saturated carbocycles. The van der Waals surface area contributed by atoms with Crippen LogP contribution in [-0.2, 0) is 35.2 Å². The van der Waals surface area contributed by atoms with Crippen LogP contribution in [0.4, 0.5) is 23.2 Å². The van der Waals surface area contributed by atoms with E-state index in [1.807, 2.05) is 51.7 Å². The van der Waals surface area contributed by atoms with Crippen molar-refractivity contribution in [3.8, 4) is 11.1 Å². The molecule has 5 rings (SSSR count). The van der Waals surface area contributed by atoms with Gasteiger partial charge in [0.05, 0.1) is 16.9 Å². The van der Waals surface area contributed by atoms with Gasteiger partial charge < -0.3 is 14.7 Å². The summed E-state index contributed by atoms with van der Waals surface area (Å²) in [7, 11) is 0. The number of fused-ring (bicyclic) bond motifs is 1. The predicted molar refractivity (Wildman–Crippen MR) is 175 cm³/mol. The first kappa shape index (κ1) is 34.8. The highest BCUT2D eigenvalue weighted by molar-refractivity contribution is 5.88. The number of carboxylic acids is 1. The van der Waals surface area contributed by atoms with Gasteiger partial charge in [0, 0.05) is 60.8 Å². The Hall–Kier alpha value is -3.50. The normalized spacial score (nSPS) is 17.8. The van der Waals surface area contributed by atoms with Gasteiger partial charge in [-0.15, -0.1) is 0 Å². The van der Waals surface area contributed by atoms with Crippen LogP contribution >= 0.6 is 0 Å². The lowest BCUT2D eigenvalue weighted by Gasteiger charge is -2.41. The molecule has 1 fully saturated rings. The van der Waals surface area contributed by atoms with Gasteiger partial charge in [-0.2, -0.15) is 13.2 Å². The number of halogens is 4. The van der Waals surface area contributed by atoms with Gasteiger partial charge in [0.2, 0.25) is 0 Å². The first-order chi connectivity index (χ1) is 21.8. The number of aliphatic carboxylic acids is 1. The second-order valence-corrected chi connectivity index (χ2v) is 14.7. The largest absolute Gasteiger partial charge is 0.479 e. The fourth-order valence-electron chi connectivity index (χ4n) is 6.82. The van der Waals surface area contributed by atoms with Crippen molar-refractivity contribution >= 4 is 11.7 Å². The maximum absolute atomic E-state index is 14.8. The van der Waals surface area contributed by atoms with Gasteiger partial charge in [0.15, 0.2) is 6.10 Å². The van der Waals surface area contributed by atoms with Crippen LogP contribution in [0.25, 0.3) is 11.1 Å². The molecule has 6 nitrogen and oxygen atoms in total. The van der Waals surface area contributed by atoms with Crippen molar-refractivity contribution in [3.05, 3.63) is 81.4 Å². The minimum atomic E-state index is -4.75. The first-order valence-electron chi connectivity index (χ1n) is 16.2. The van der Waals surface area contributed by atoms with Crippen molar-refractivity contribution in [2.45, 2.75) is 98.7 Å². The van der Waals surface area contributed by atoms with Crippen LogP contribution in [0.15, 0.2) is 36.4 Å². The molecule has 2 aromatic carbocycles. The predicted octanol–water partition coefficient (Wildman–Crippen LogP) is 8.65. The van der Waals surface area contributed by atoms with Crippen LogP contribution in [0.2, 0.25) is 0 Å². The average Bonchev–Trinajstić information content (AvgIpc) is 2.95. The molecule has 254 valence electrons. The highest BCUT2D eigenvalue weighted by Crippen LogP contribution is 2.45. The molecule has 3 aromatic rings. The van der Waals surface area contributed by atoms with Crippen LogP contribution in [-0.4, -0.2) is 46.2 Å². The number of alkyl halides is 3. The van der Waals surface area contributed by atoms with E-state index in [0.717, 1.165) is 65.6 Å². The molecule has 0 spiro atoms. The van der Waals surface area contributed by atoms with Gasteiger partial charge in [-0.1, -0.05) is 44.2 Å². The lowest BCUT2D eigenvalue weighted by molar-refractivity contribution is -0.160. The minimum absolute atomic E-state index is 0.0218. The molecule has 10 heteroatoms. The monoisotopic (exact) mass is 655 g/mol. The number of hydrogen-bond donors (Lipinski definition) is 1. The van der Waals surface area contributed by atoms with E-state index in [9.17, 15) is 27.5 Å². The van der Waals surface area contributed by atoms with Crippen molar-refractivity contribution < 1.29 is 32.2 Å². The van der Waals surface area contributed by atoms with Crippen LogP contribution in [0.1, 0.15) is 92.8 Å². The van der Waals surface area contributed by atoms with E-state index in [0.29, 0.717) is 30.8 Å². The summed E-state index contributed by atoms with van der Waals surface area (Å²) in [5, 5.41) is 10.5.